The smallest absolute Gasteiger partial charge is 0.179 e. The van der Waals surface area contributed by atoms with Crippen molar-refractivity contribution >= 4 is 0 Å². The van der Waals surface area contributed by atoms with Gasteiger partial charge in [-0.2, -0.15) is 0 Å². The van der Waals surface area contributed by atoms with Crippen molar-refractivity contribution < 1.29 is 5.11 Å². The highest BCUT2D eigenvalue weighted by atomic mass is 16.3. The van der Waals surface area contributed by atoms with Gasteiger partial charge in [0.25, 0.3) is 0 Å². The van der Waals surface area contributed by atoms with Crippen molar-refractivity contribution in [2.75, 3.05) is 0 Å². The maximum Gasteiger partial charge on any atom is 0.179 e. The van der Waals surface area contributed by atoms with E-state index in [1.807, 2.05) is 0 Å². The number of nitrogens with zero attached hydrogens (tertiary/aromatic N) is 4. The Morgan fingerprint density at radius 1 is 1.64 bits per heavy atom. The zero-order chi connectivity index (χ0) is 7.84. The normalized spacial score (nSPS) is 20.2. The summed E-state index contributed by atoms with van der Waals surface area (Å²) >= 11 is 0. The number of tetrazole rings is 1. The molecule has 0 radical (unpaired) electrons. The molecule has 1 saturated carbocycles. The summed E-state index contributed by atoms with van der Waals surface area (Å²) in [5.74, 6) is 0.576. The molecule has 5 heteroatoms. The molecule has 0 aliphatic heterocycles. The molecule has 11 heavy (non-hydrogen) atoms. The Bertz CT molecular complexity index is 236. The number of aromatic nitrogens is 4. The van der Waals surface area contributed by atoms with Gasteiger partial charge in [-0.1, -0.05) is 0 Å². The number of hydrogen-bond acceptors (Lipinski definition) is 4. The summed E-state index contributed by atoms with van der Waals surface area (Å²) in [6.07, 6.45) is 1.70. The zero-order valence-electron chi connectivity index (χ0n) is 6.30. The first-order valence-corrected chi connectivity index (χ1v) is 3.75. The Hall–Kier alpha value is -0.970. The van der Waals surface area contributed by atoms with E-state index >= 15 is 0 Å². The molecule has 0 amide bonds. The number of rotatable bonds is 2. The second kappa shape index (κ2) is 2.27. The lowest BCUT2D eigenvalue weighted by atomic mass is 10.4. The molecule has 1 aliphatic carbocycles. The Morgan fingerprint density at radius 2 is 2.36 bits per heavy atom. The average Bonchev–Trinajstić information content (AvgIpc) is 2.68. The van der Waals surface area contributed by atoms with Gasteiger partial charge >= 0.3 is 0 Å². The van der Waals surface area contributed by atoms with Gasteiger partial charge in [-0.15, -0.1) is 5.10 Å². The van der Waals surface area contributed by atoms with Crippen molar-refractivity contribution in [3.63, 3.8) is 0 Å². The summed E-state index contributed by atoms with van der Waals surface area (Å²) in [6, 6.07) is 0.439. The third kappa shape index (κ3) is 1.11. The molecule has 1 aromatic rings. The van der Waals surface area contributed by atoms with E-state index in [2.05, 4.69) is 15.5 Å². The average molecular weight is 154 g/mol. The fourth-order valence-electron chi connectivity index (χ4n) is 1.05. The van der Waals surface area contributed by atoms with E-state index in [9.17, 15) is 5.11 Å². The van der Waals surface area contributed by atoms with Gasteiger partial charge in [0.1, 0.15) is 6.10 Å². The minimum Gasteiger partial charge on any atom is -0.385 e. The van der Waals surface area contributed by atoms with Crippen LogP contribution in [0.5, 0.6) is 0 Å². The maximum atomic E-state index is 9.21. The molecule has 0 saturated heterocycles. The summed E-state index contributed by atoms with van der Waals surface area (Å²) < 4.78 is 1.71. The molecule has 0 spiro atoms. The van der Waals surface area contributed by atoms with E-state index in [0.29, 0.717) is 11.9 Å². The highest BCUT2D eigenvalue weighted by molar-refractivity contribution is 4.92. The van der Waals surface area contributed by atoms with Crippen LogP contribution in [-0.4, -0.2) is 25.3 Å². The molecule has 1 fully saturated rings. The quantitative estimate of drug-likeness (QED) is 0.654. The van der Waals surface area contributed by atoms with Gasteiger partial charge < -0.3 is 5.11 Å². The molecule has 0 bridgehead atoms. The molecule has 1 aliphatic rings. The molecule has 1 atom stereocenters. The van der Waals surface area contributed by atoms with Crippen LogP contribution < -0.4 is 0 Å². The summed E-state index contributed by atoms with van der Waals surface area (Å²) in [5.41, 5.74) is 0. The van der Waals surface area contributed by atoms with Crippen LogP contribution in [0.1, 0.15) is 37.7 Å². The Kier molecular flexibility index (Phi) is 1.38. The SMILES string of the molecule is CC(O)c1nnnn1C1CC1. The van der Waals surface area contributed by atoms with Crippen molar-refractivity contribution in [2.24, 2.45) is 0 Å². The van der Waals surface area contributed by atoms with Crippen molar-refractivity contribution in [2.45, 2.75) is 31.9 Å². The molecule has 0 aromatic carbocycles. The predicted octanol–water partition coefficient (Wildman–Crippen LogP) is 0.0613. The molecular weight excluding hydrogens is 144 g/mol. The van der Waals surface area contributed by atoms with Crippen molar-refractivity contribution in [1.82, 2.24) is 20.2 Å². The van der Waals surface area contributed by atoms with Crippen LogP contribution in [0.3, 0.4) is 0 Å². The minimum atomic E-state index is -0.564. The van der Waals surface area contributed by atoms with Gasteiger partial charge in [0.15, 0.2) is 5.82 Å². The van der Waals surface area contributed by atoms with E-state index < -0.39 is 6.10 Å². The minimum absolute atomic E-state index is 0.439. The predicted molar refractivity (Wildman–Crippen MR) is 36.7 cm³/mol. The fourth-order valence-corrected chi connectivity index (χ4v) is 1.05. The first-order chi connectivity index (χ1) is 5.29. The fraction of sp³-hybridized carbons (Fsp3) is 0.833. The van der Waals surface area contributed by atoms with Crippen LogP contribution in [0.2, 0.25) is 0 Å². The second-order valence-electron chi connectivity index (χ2n) is 2.89. The molecule has 5 nitrogen and oxygen atoms in total. The van der Waals surface area contributed by atoms with Crippen molar-refractivity contribution in [1.29, 1.82) is 0 Å². The van der Waals surface area contributed by atoms with E-state index in [1.54, 1.807) is 11.6 Å². The largest absolute Gasteiger partial charge is 0.385 e. The van der Waals surface area contributed by atoms with Gasteiger partial charge in [0.05, 0.1) is 6.04 Å². The van der Waals surface area contributed by atoms with Gasteiger partial charge in [-0.3, -0.25) is 0 Å². The summed E-state index contributed by atoms with van der Waals surface area (Å²) in [4.78, 5) is 0. The van der Waals surface area contributed by atoms with E-state index in [0.717, 1.165) is 12.8 Å². The summed E-state index contributed by atoms with van der Waals surface area (Å²) in [5, 5.41) is 20.2. The standard InChI is InChI=1S/C6H10N4O/c1-4(11)6-7-8-9-10(6)5-2-3-5/h4-5,11H,2-3H2,1H3. The highest BCUT2D eigenvalue weighted by Gasteiger charge is 2.28. The van der Waals surface area contributed by atoms with Gasteiger partial charge in [0, 0.05) is 0 Å². The third-order valence-electron chi connectivity index (χ3n) is 1.78. The van der Waals surface area contributed by atoms with Crippen LogP contribution in [0.15, 0.2) is 0 Å². The van der Waals surface area contributed by atoms with E-state index in [4.69, 9.17) is 0 Å². The number of aliphatic hydroxyl groups excluding tert-OH is 1. The summed E-state index contributed by atoms with van der Waals surface area (Å²) in [6.45, 7) is 1.67. The van der Waals surface area contributed by atoms with Crippen molar-refractivity contribution in [3.8, 4) is 0 Å². The maximum absolute atomic E-state index is 9.21. The van der Waals surface area contributed by atoms with E-state index in [-0.39, 0.29) is 0 Å². The monoisotopic (exact) mass is 154 g/mol. The van der Waals surface area contributed by atoms with Crippen LogP contribution in [0.4, 0.5) is 0 Å². The van der Waals surface area contributed by atoms with Crippen molar-refractivity contribution in [3.05, 3.63) is 5.82 Å². The van der Waals surface area contributed by atoms with Crippen LogP contribution in [0.25, 0.3) is 0 Å². The third-order valence-corrected chi connectivity index (χ3v) is 1.78. The first-order valence-electron chi connectivity index (χ1n) is 3.75. The lowest BCUT2D eigenvalue weighted by molar-refractivity contribution is 0.181. The second-order valence-corrected chi connectivity index (χ2v) is 2.89. The molecular formula is C6H10N4O. The number of aliphatic hydroxyl groups is 1. The molecule has 60 valence electrons. The lowest BCUT2D eigenvalue weighted by Gasteiger charge is -2.02. The zero-order valence-corrected chi connectivity index (χ0v) is 6.30. The van der Waals surface area contributed by atoms with Crippen LogP contribution in [0, 0.1) is 0 Å². The van der Waals surface area contributed by atoms with E-state index in [1.165, 1.54) is 0 Å². The topological polar surface area (TPSA) is 63.8 Å². The molecule has 1 N–H and O–H groups in total. The molecule has 2 rings (SSSR count). The Labute approximate surface area is 64.0 Å². The molecule has 1 unspecified atom stereocenters. The Balaban J connectivity index is 2.30. The van der Waals surface area contributed by atoms with Crippen LogP contribution >= 0.6 is 0 Å². The number of hydrogen-bond donors (Lipinski definition) is 1. The summed E-state index contributed by atoms with van der Waals surface area (Å²) in [7, 11) is 0. The van der Waals surface area contributed by atoms with Gasteiger partial charge in [-0.25, -0.2) is 4.68 Å². The molecule has 1 heterocycles. The van der Waals surface area contributed by atoms with Gasteiger partial charge in [-0.05, 0) is 30.2 Å². The highest BCUT2D eigenvalue weighted by Crippen LogP contribution is 2.35. The Morgan fingerprint density at radius 3 is 2.91 bits per heavy atom. The molecule has 1 aromatic heterocycles. The lowest BCUT2D eigenvalue weighted by Crippen LogP contribution is -2.06. The first kappa shape index (κ1) is 6.72. The van der Waals surface area contributed by atoms with Gasteiger partial charge in [0.2, 0.25) is 0 Å². The van der Waals surface area contributed by atoms with Crippen LogP contribution in [-0.2, 0) is 0 Å².